The Morgan fingerprint density at radius 2 is 1.61 bits per heavy atom. The largest absolute Gasteiger partial charge is 0.326 e. The standard InChI is InChI=1S/C26H24N4O3/c1-16-8-11-19(12-9-16)28-24(32)15-30-23-7-5-4-6-22(23)29-25(26(30)33)20-14-17(2)10-13-21(20)27-18(3)31/h4-14H,15H2,1-3H3,(H,27,31)(H,28,32). The topological polar surface area (TPSA) is 93.1 Å². The highest BCUT2D eigenvalue weighted by atomic mass is 16.2. The van der Waals surface area contributed by atoms with E-state index >= 15 is 0 Å². The Balaban J connectivity index is 1.81. The van der Waals surface area contributed by atoms with E-state index in [0.29, 0.717) is 28.0 Å². The fourth-order valence-corrected chi connectivity index (χ4v) is 3.66. The molecule has 0 aliphatic rings. The van der Waals surface area contributed by atoms with Gasteiger partial charge in [-0.05, 0) is 50.2 Å². The van der Waals surface area contributed by atoms with Crippen LogP contribution in [-0.2, 0) is 16.1 Å². The van der Waals surface area contributed by atoms with Crippen molar-refractivity contribution in [2.24, 2.45) is 0 Å². The molecule has 0 saturated heterocycles. The predicted molar refractivity (Wildman–Crippen MR) is 130 cm³/mol. The van der Waals surface area contributed by atoms with Crippen molar-refractivity contribution in [1.29, 1.82) is 0 Å². The highest BCUT2D eigenvalue weighted by molar-refractivity contribution is 5.95. The van der Waals surface area contributed by atoms with Crippen molar-refractivity contribution < 1.29 is 9.59 Å². The number of nitrogens with zero attached hydrogens (tertiary/aromatic N) is 2. The zero-order valence-electron chi connectivity index (χ0n) is 18.7. The predicted octanol–water partition coefficient (Wildman–Crippen LogP) is 4.28. The van der Waals surface area contributed by atoms with Gasteiger partial charge >= 0.3 is 0 Å². The quantitative estimate of drug-likeness (QED) is 0.485. The molecule has 2 N–H and O–H groups in total. The first-order valence-electron chi connectivity index (χ1n) is 10.6. The van der Waals surface area contributed by atoms with E-state index in [4.69, 9.17) is 0 Å². The molecule has 7 nitrogen and oxygen atoms in total. The number of benzene rings is 3. The van der Waals surface area contributed by atoms with E-state index in [0.717, 1.165) is 11.1 Å². The van der Waals surface area contributed by atoms with Crippen LogP contribution in [0.3, 0.4) is 0 Å². The molecule has 2 amide bonds. The van der Waals surface area contributed by atoms with Crippen molar-refractivity contribution in [2.75, 3.05) is 10.6 Å². The molecule has 1 aromatic heterocycles. The number of carbonyl (C=O) groups excluding carboxylic acids is 2. The van der Waals surface area contributed by atoms with Crippen molar-refractivity contribution in [3.8, 4) is 11.3 Å². The SMILES string of the molecule is CC(=O)Nc1ccc(C)cc1-c1nc2ccccc2n(CC(=O)Nc2ccc(C)cc2)c1=O. The van der Waals surface area contributed by atoms with Gasteiger partial charge in [-0.1, -0.05) is 41.5 Å². The molecule has 1 heterocycles. The number of hydrogen-bond acceptors (Lipinski definition) is 4. The summed E-state index contributed by atoms with van der Waals surface area (Å²) in [5.74, 6) is -0.576. The van der Waals surface area contributed by atoms with Gasteiger partial charge in [0.2, 0.25) is 11.8 Å². The first-order chi connectivity index (χ1) is 15.8. The lowest BCUT2D eigenvalue weighted by Crippen LogP contribution is -2.30. The Bertz CT molecular complexity index is 1420. The maximum absolute atomic E-state index is 13.6. The number of rotatable bonds is 5. The van der Waals surface area contributed by atoms with Crippen molar-refractivity contribution >= 4 is 34.2 Å². The maximum Gasteiger partial charge on any atom is 0.278 e. The molecule has 33 heavy (non-hydrogen) atoms. The van der Waals surface area contributed by atoms with Crippen LogP contribution < -0.4 is 16.2 Å². The van der Waals surface area contributed by atoms with E-state index in [2.05, 4.69) is 15.6 Å². The molecule has 0 aliphatic heterocycles. The minimum absolute atomic E-state index is 0.171. The molecule has 0 radical (unpaired) electrons. The summed E-state index contributed by atoms with van der Waals surface area (Å²) in [7, 11) is 0. The second-order valence-corrected chi connectivity index (χ2v) is 7.98. The second-order valence-electron chi connectivity index (χ2n) is 7.98. The van der Waals surface area contributed by atoms with E-state index in [-0.39, 0.29) is 24.1 Å². The molecule has 0 spiro atoms. The summed E-state index contributed by atoms with van der Waals surface area (Å²) < 4.78 is 1.42. The molecule has 0 saturated carbocycles. The molecular weight excluding hydrogens is 416 g/mol. The third-order valence-corrected chi connectivity index (χ3v) is 5.23. The number of fused-ring (bicyclic) bond motifs is 1. The van der Waals surface area contributed by atoms with E-state index in [1.807, 2.05) is 50.2 Å². The minimum atomic E-state index is -0.412. The highest BCUT2D eigenvalue weighted by Crippen LogP contribution is 2.27. The zero-order chi connectivity index (χ0) is 23.5. The van der Waals surface area contributed by atoms with Crippen LogP contribution in [0.4, 0.5) is 11.4 Å². The van der Waals surface area contributed by atoms with Crippen molar-refractivity contribution in [2.45, 2.75) is 27.3 Å². The van der Waals surface area contributed by atoms with E-state index < -0.39 is 5.56 Å². The van der Waals surface area contributed by atoms with Crippen LogP contribution in [0, 0.1) is 13.8 Å². The third-order valence-electron chi connectivity index (χ3n) is 5.23. The van der Waals surface area contributed by atoms with Crippen LogP contribution in [0.25, 0.3) is 22.3 Å². The molecule has 3 aromatic carbocycles. The van der Waals surface area contributed by atoms with Crippen molar-refractivity contribution in [1.82, 2.24) is 9.55 Å². The molecule has 166 valence electrons. The van der Waals surface area contributed by atoms with Gasteiger partial charge in [-0.15, -0.1) is 0 Å². The van der Waals surface area contributed by atoms with Gasteiger partial charge in [0.05, 0.1) is 16.7 Å². The maximum atomic E-state index is 13.6. The van der Waals surface area contributed by atoms with Crippen LogP contribution in [0.5, 0.6) is 0 Å². The van der Waals surface area contributed by atoms with Crippen molar-refractivity contribution in [3.63, 3.8) is 0 Å². The molecule has 0 aliphatic carbocycles. The summed E-state index contributed by atoms with van der Waals surface area (Å²) in [6.45, 7) is 5.10. The van der Waals surface area contributed by atoms with Gasteiger partial charge in [0.25, 0.3) is 5.56 Å². The van der Waals surface area contributed by atoms with Gasteiger partial charge in [-0.2, -0.15) is 0 Å². The number of aryl methyl sites for hydroxylation is 2. The Kier molecular flexibility index (Phi) is 6.04. The molecule has 7 heteroatoms. The summed E-state index contributed by atoms with van der Waals surface area (Å²) in [5.41, 5.74) is 4.54. The first-order valence-corrected chi connectivity index (χ1v) is 10.6. The van der Waals surface area contributed by atoms with Gasteiger partial charge in [0, 0.05) is 18.2 Å². The lowest BCUT2D eigenvalue weighted by Gasteiger charge is -2.15. The number of carbonyl (C=O) groups is 2. The number of hydrogen-bond donors (Lipinski definition) is 2. The molecule has 4 aromatic rings. The van der Waals surface area contributed by atoms with Gasteiger partial charge < -0.3 is 10.6 Å². The minimum Gasteiger partial charge on any atom is -0.326 e. The van der Waals surface area contributed by atoms with Gasteiger partial charge in [-0.25, -0.2) is 4.98 Å². The molecular formula is C26H24N4O3. The lowest BCUT2D eigenvalue weighted by molar-refractivity contribution is -0.117. The van der Waals surface area contributed by atoms with Crippen LogP contribution in [0.1, 0.15) is 18.1 Å². The summed E-state index contributed by atoms with van der Waals surface area (Å²) in [6, 6.07) is 20.0. The summed E-state index contributed by atoms with van der Waals surface area (Å²) >= 11 is 0. The molecule has 0 unspecified atom stereocenters. The molecule has 0 bridgehead atoms. The van der Waals surface area contributed by atoms with E-state index in [1.54, 1.807) is 30.3 Å². The second kappa shape index (κ2) is 9.08. The Hall–Kier alpha value is -4.26. The molecule has 0 atom stereocenters. The monoisotopic (exact) mass is 440 g/mol. The number of anilines is 2. The van der Waals surface area contributed by atoms with E-state index in [1.165, 1.54) is 11.5 Å². The summed E-state index contributed by atoms with van der Waals surface area (Å²) in [6.07, 6.45) is 0. The number of aromatic nitrogens is 2. The average molecular weight is 441 g/mol. The summed E-state index contributed by atoms with van der Waals surface area (Å²) in [5, 5.41) is 5.60. The number of para-hydroxylation sites is 2. The van der Waals surface area contributed by atoms with Gasteiger partial charge in [-0.3, -0.25) is 19.0 Å². The Morgan fingerprint density at radius 1 is 0.909 bits per heavy atom. The zero-order valence-corrected chi connectivity index (χ0v) is 18.7. The normalized spacial score (nSPS) is 10.8. The third kappa shape index (κ3) is 4.82. The number of amides is 2. The smallest absolute Gasteiger partial charge is 0.278 e. The van der Waals surface area contributed by atoms with Crippen LogP contribution in [0.2, 0.25) is 0 Å². The van der Waals surface area contributed by atoms with Gasteiger partial charge in [0.15, 0.2) is 0 Å². The molecule has 0 fully saturated rings. The Labute approximate surface area is 191 Å². The fourth-order valence-electron chi connectivity index (χ4n) is 3.66. The molecule has 4 rings (SSSR count). The fraction of sp³-hybridized carbons (Fsp3) is 0.154. The van der Waals surface area contributed by atoms with E-state index in [9.17, 15) is 14.4 Å². The van der Waals surface area contributed by atoms with Crippen LogP contribution >= 0.6 is 0 Å². The lowest BCUT2D eigenvalue weighted by atomic mass is 10.1. The van der Waals surface area contributed by atoms with Gasteiger partial charge in [0.1, 0.15) is 12.2 Å². The summed E-state index contributed by atoms with van der Waals surface area (Å²) in [4.78, 5) is 42.7. The number of nitrogens with one attached hydrogen (secondary N) is 2. The highest BCUT2D eigenvalue weighted by Gasteiger charge is 2.18. The average Bonchev–Trinajstić information content (AvgIpc) is 2.78. The first kappa shape index (κ1) is 22.0. The van der Waals surface area contributed by atoms with Crippen molar-refractivity contribution in [3.05, 3.63) is 88.2 Å². The Morgan fingerprint density at radius 3 is 2.33 bits per heavy atom. The van der Waals surface area contributed by atoms with Crippen LogP contribution in [-0.4, -0.2) is 21.4 Å². The van der Waals surface area contributed by atoms with Crippen LogP contribution in [0.15, 0.2) is 71.5 Å².